The summed E-state index contributed by atoms with van der Waals surface area (Å²) in [5.74, 6) is 0.613. The molecule has 0 aliphatic rings. The lowest BCUT2D eigenvalue weighted by atomic mass is 10.1. The number of carbonyl (C=O) groups excluding carboxylic acids is 1. The molecule has 0 radical (unpaired) electrons. The number of halogens is 1. The van der Waals surface area contributed by atoms with Crippen LogP contribution in [0.15, 0.2) is 42.7 Å². The number of hydrogen-bond acceptors (Lipinski definition) is 7. The van der Waals surface area contributed by atoms with Gasteiger partial charge in [0.05, 0.1) is 5.52 Å². The van der Waals surface area contributed by atoms with Crippen molar-refractivity contribution >= 4 is 34.3 Å². The predicted molar refractivity (Wildman–Crippen MR) is 109 cm³/mol. The van der Waals surface area contributed by atoms with E-state index in [9.17, 15) is 9.18 Å². The van der Waals surface area contributed by atoms with Gasteiger partial charge in [-0.1, -0.05) is 12.8 Å². The first kappa shape index (κ1) is 20.4. The molecule has 29 heavy (non-hydrogen) atoms. The van der Waals surface area contributed by atoms with Gasteiger partial charge in [0.15, 0.2) is 5.82 Å². The van der Waals surface area contributed by atoms with Crippen LogP contribution in [0.4, 0.5) is 21.7 Å². The van der Waals surface area contributed by atoms with Crippen LogP contribution in [-0.4, -0.2) is 32.6 Å². The zero-order valence-electron chi connectivity index (χ0n) is 15.9. The second kappa shape index (κ2) is 10.3. The zero-order valence-corrected chi connectivity index (χ0v) is 15.9. The first-order valence-corrected chi connectivity index (χ1v) is 9.47. The van der Waals surface area contributed by atoms with Crippen molar-refractivity contribution in [2.24, 2.45) is 0 Å². The average Bonchev–Trinajstić information content (AvgIpc) is 2.74. The molecule has 0 bridgehead atoms. The van der Waals surface area contributed by atoms with Crippen LogP contribution in [-0.2, 0) is 4.79 Å². The molecule has 2 aromatic heterocycles. The highest BCUT2D eigenvalue weighted by Gasteiger charge is 2.07. The van der Waals surface area contributed by atoms with E-state index in [0.29, 0.717) is 34.8 Å². The Balaban J connectivity index is 1.56. The van der Waals surface area contributed by atoms with Crippen molar-refractivity contribution in [2.45, 2.75) is 32.1 Å². The summed E-state index contributed by atoms with van der Waals surface area (Å²) in [5.41, 5.74) is 3.67. The van der Waals surface area contributed by atoms with E-state index in [1.807, 2.05) is 12.1 Å². The number of unbranched alkanes of at least 4 members (excludes halogenated alkanes) is 3. The zero-order chi connectivity index (χ0) is 20.5. The van der Waals surface area contributed by atoms with Gasteiger partial charge in [-0.2, -0.15) is 0 Å². The molecular formula is C20H23FN6O2. The lowest BCUT2D eigenvalue weighted by molar-refractivity contribution is -0.129. The fourth-order valence-corrected chi connectivity index (χ4v) is 2.84. The highest BCUT2D eigenvalue weighted by atomic mass is 19.1. The standard InChI is InChI=1S/C20H23FN6O2/c21-14-6-8-15(9-7-14)25-20-19-16(23-13-24-20)10-11-17(26-19)22-12-4-2-1-3-5-18(28)27-29/h6-11,13,29H,1-5,12H2,(H,22,26)(H,27,28)(H,23,24,25). The number of hydrogen-bond donors (Lipinski definition) is 4. The molecule has 0 aliphatic heterocycles. The summed E-state index contributed by atoms with van der Waals surface area (Å²) < 4.78 is 13.1. The maximum atomic E-state index is 13.1. The Morgan fingerprint density at radius 1 is 1.00 bits per heavy atom. The molecule has 152 valence electrons. The summed E-state index contributed by atoms with van der Waals surface area (Å²) in [5, 5.41) is 14.9. The topological polar surface area (TPSA) is 112 Å². The van der Waals surface area contributed by atoms with Gasteiger partial charge in [-0.3, -0.25) is 10.0 Å². The van der Waals surface area contributed by atoms with E-state index in [0.717, 1.165) is 32.2 Å². The number of hydroxylamine groups is 1. The van der Waals surface area contributed by atoms with Crippen molar-refractivity contribution in [3.05, 3.63) is 48.5 Å². The third-order valence-electron chi connectivity index (χ3n) is 4.35. The van der Waals surface area contributed by atoms with Gasteiger partial charge in [0, 0.05) is 18.7 Å². The summed E-state index contributed by atoms with van der Waals surface area (Å²) in [7, 11) is 0. The third kappa shape index (κ3) is 6.08. The Kier molecular flexibility index (Phi) is 7.23. The van der Waals surface area contributed by atoms with Gasteiger partial charge >= 0.3 is 0 Å². The molecule has 0 atom stereocenters. The summed E-state index contributed by atoms with van der Waals surface area (Å²) in [6.07, 6.45) is 5.36. The number of pyridine rings is 1. The Hall–Kier alpha value is -3.33. The van der Waals surface area contributed by atoms with Crippen LogP contribution in [0.5, 0.6) is 0 Å². The molecule has 0 unspecified atom stereocenters. The lowest BCUT2D eigenvalue weighted by Crippen LogP contribution is -2.17. The minimum absolute atomic E-state index is 0.302. The largest absolute Gasteiger partial charge is 0.370 e. The fourth-order valence-electron chi connectivity index (χ4n) is 2.84. The van der Waals surface area contributed by atoms with Gasteiger partial charge in [-0.25, -0.2) is 24.8 Å². The average molecular weight is 398 g/mol. The number of fused-ring (bicyclic) bond motifs is 1. The molecule has 1 amide bonds. The normalized spacial score (nSPS) is 10.7. The highest BCUT2D eigenvalue weighted by molar-refractivity contribution is 5.88. The molecule has 3 rings (SSSR count). The van der Waals surface area contributed by atoms with Crippen LogP contribution < -0.4 is 16.1 Å². The lowest BCUT2D eigenvalue weighted by Gasteiger charge is -2.10. The second-order valence-electron chi connectivity index (χ2n) is 6.54. The Morgan fingerprint density at radius 2 is 1.79 bits per heavy atom. The van der Waals surface area contributed by atoms with Crippen molar-refractivity contribution in [1.29, 1.82) is 0 Å². The van der Waals surface area contributed by atoms with E-state index in [2.05, 4.69) is 25.6 Å². The van der Waals surface area contributed by atoms with Gasteiger partial charge in [0.2, 0.25) is 5.91 Å². The molecule has 0 fully saturated rings. The summed E-state index contributed by atoms with van der Waals surface area (Å²) in [6.45, 7) is 0.749. The Morgan fingerprint density at radius 3 is 2.59 bits per heavy atom. The maximum absolute atomic E-state index is 13.1. The highest BCUT2D eigenvalue weighted by Crippen LogP contribution is 2.23. The molecule has 0 saturated heterocycles. The first-order valence-electron chi connectivity index (χ1n) is 9.47. The molecule has 1 aromatic carbocycles. The van der Waals surface area contributed by atoms with Crippen molar-refractivity contribution in [3.63, 3.8) is 0 Å². The summed E-state index contributed by atoms with van der Waals surface area (Å²) in [6, 6.07) is 9.76. The predicted octanol–water partition coefficient (Wildman–Crippen LogP) is 3.78. The van der Waals surface area contributed by atoms with Crippen molar-refractivity contribution < 1.29 is 14.4 Å². The summed E-state index contributed by atoms with van der Waals surface area (Å²) in [4.78, 5) is 24.0. The van der Waals surface area contributed by atoms with E-state index >= 15 is 0 Å². The number of nitrogens with zero attached hydrogens (tertiary/aromatic N) is 3. The van der Waals surface area contributed by atoms with Gasteiger partial charge in [-0.05, 0) is 49.2 Å². The Labute approximate surface area is 167 Å². The number of rotatable bonds is 10. The third-order valence-corrected chi connectivity index (χ3v) is 4.35. The SMILES string of the molecule is O=C(CCCCCCNc1ccc2ncnc(Nc3ccc(F)cc3)c2n1)NO. The fraction of sp³-hybridized carbons (Fsp3) is 0.300. The van der Waals surface area contributed by atoms with Crippen molar-refractivity contribution in [3.8, 4) is 0 Å². The van der Waals surface area contributed by atoms with Crippen LogP contribution in [0.1, 0.15) is 32.1 Å². The van der Waals surface area contributed by atoms with Crippen LogP contribution >= 0.6 is 0 Å². The van der Waals surface area contributed by atoms with E-state index in [-0.39, 0.29) is 11.7 Å². The number of benzene rings is 1. The number of aromatic nitrogens is 3. The molecule has 9 heteroatoms. The minimum atomic E-state index is -0.351. The van der Waals surface area contributed by atoms with Gasteiger partial charge in [0.1, 0.15) is 23.5 Å². The van der Waals surface area contributed by atoms with E-state index < -0.39 is 0 Å². The van der Waals surface area contributed by atoms with E-state index in [1.165, 1.54) is 18.5 Å². The molecule has 8 nitrogen and oxygen atoms in total. The van der Waals surface area contributed by atoms with Gasteiger partial charge < -0.3 is 10.6 Å². The maximum Gasteiger partial charge on any atom is 0.243 e. The molecule has 0 saturated carbocycles. The minimum Gasteiger partial charge on any atom is -0.370 e. The molecule has 0 spiro atoms. The molecule has 3 aromatic rings. The quantitative estimate of drug-likeness (QED) is 0.234. The van der Waals surface area contributed by atoms with Crippen LogP contribution in [0, 0.1) is 5.82 Å². The Bertz CT molecular complexity index is 951. The van der Waals surface area contributed by atoms with Crippen LogP contribution in [0.25, 0.3) is 11.0 Å². The molecule has 4 N–H and O–H groups in total. The summed E-state index contributed by atoms with van der Waals surface area (Å²) >= 11 is 0. The second-order valence-corrected chi connectivity index (χ2v) is 6.54. The van der Waals surface area contributed by atoms with E-state index in [4.69, 9.17) is 5.21 Å². The van der Waals surface area contributed by atoms with Crippen LogP contribution in [0.3, 0.4) is 0 Å². The molecular weight excluding hydrogens is 375 g/mol. The number of nitrogens with one attached hydrogen (secondary N) is 3. The number of anilines is 3. The first-order chi connectivity index (χ1) is 14.2. The number of amides is 1. The van der Waals surface area contributed by atoms with Gasteiger partial charge in [0.25, 0.3) is 0 Å². The van der Waals surface area contributed by atoms with Crippen molar-refractivity contribution in [1.82, 2.24) is 20.4 Å². The van der Waals surface area contributed by atoms with E-state index in [1.54, 1.807) is 17.6 Å². The van der Waals surface area contributed by atoms with Crippen LogP contribution in [0.2, 0.25) is 0 Å². The molecule has 0 aliphatic carbocycles. The van der Waals surface area contributed by atoms with Crippen molar-refractivity contribution in [2.75, 3.05) is 17.2 Å². The van der Waals surface area contributed by atoms with Gasteiger partial charge in [-0.15, -0.1) is 0 Å². The number of carbonyl (C=O) groups is 1. The molecule has 2 heterocycles. The monoisotopic (exact) mass is 398 g/mol. The smallest absolute Gasteiger partial charge is 0.243 e.